The van der Waals surface area contributed by atoms with Crippen LogP contribution in [0.2, 0.25) is 4.34 Å². The second kappa shape index (κ2) is 8.54. The standard InChI is InChI=1S/C15H21ClN2O2S/c1-2-9-18(10-13-3-4-14(16)21-13)15(19)11-20-12-5-7-17-8-6-12/h2-4,12,17H,1,5-11H2. The molecule has 0 atom stereocenters. The van der Waals surface area contributed by atoms with Crippen LogP contribution in [0.5, 0.6) is 0 Å². The van der Waals surface area contributed by atoms with Crippen molar-refractivity contribution in [3.05, 3.63) is 34.0 Å². The van der Waals surface area contributed by atoms with Crippen molar-refractivity contribution in [3.63, 3.8) is 0 Å². The van der Waals surface area contributed by atoms with Gasteiger partial charge in [-0.3, -0.25) is 4.79 Å². The molecule has 1 aliphatic rings. The summed E-state index contributed by atoms with van der Waals surface area (Å²) in [5.74, 6) is -0.00189. The van der Waals surface area contributed by atoms with E-state index in [0.717, 1.165) is 35.1 Å². The zero-order valence-electron chi connectivity index (χ0n) is 12.0. The van der Waals surface area contributed by atoms with Gasteiger partial charge in [0.2, 0.25) is 5.91 Å². The van der Waals surface area contributed by atoms with E-state index in [-0.39, 0.29) is 18.6 Å². The van der Waals surface area contributed by atoms with Crippen molar-refractivity contribution in [2.24, 2.45) is 0 Å². The molecule has 1 saturated heterocycles. The van der Waals surface area contributed by atoms with Gasteiger partial charge in [-0.2, -0.15) is 0 Å². The lowest BCUT2D eigenvalue weighted by molar-refractivity contribution is -0.138. The molecule has 0 spiro atoms. The molecule has 116 valence electrons. The van der Waals surface area contributed by atoms with Gasteiger partial charge in [0.05, 0.1) is 17.0 Å². The molecule has 1 aromatic heterocycles. The molecule has 2 heterocycles. The number of amides is 1. The highest BCUT2D eigenvalue weighted by Gasteiger charge is 2.18. The Labute approximate surface area is 134 Å². The van der Waals surface area contributed by atoms with Crippen LogP contribution < -0.4 is 5.32 Å². The van der Waals surface area contributed by atoms with Gasteiger partial charge >= 0.3 is 0 Å². The Morgan fingerprint density at radius 3 is 2.90 bits per heavy atom. The van der Waals surface area contributed by atoms with Crippen molar-refractivity contribution in [2.75, 3.05) is 26.2 Å². The van der Waals surface area contributed by atoms with Crippen molar-refractivity contribution in [2.45, 2.75) is 25.5 Å². The average molecular weight is 329 g/mol. The normalized spacial score (nSPS) is 15.9. The third kappa shape index (κ3) is 5.43. The van der Waals surface area contributed by atoms with Crippen molar-refractivity contribution in [1.82, 2.24) is 10.2 Å². The second-order valence-electron chi connectivity index (χ2n) is 5.03. The molecule has 6 heteroatoms. The maximum absolute atomic E-state index is 12.3. The van der Waals surface area contributed by atoms with E-state index in [2.05, 4.69) is 11.9 Å². The van der Waals surface area contributed by atoms with E-state index in [0.29, 0.717) is 13.1 Å². The molecule has 0 saturated carbocycles. The topological polar surface area (TPSA) is 41.6 Å². The van der Waals surface area contributed by atoms with E-state index in [1.165, 1.54) is 11.3 Å². The summed E-state index contributed by atoms with van der Waals surface area (Å²) in [5.41, 5.74) is 0. The number of nitrogens with one attached hydrogen (secondary N) is 1. The first kappa shape index (κ1) is 16.5. The largest absolute Gasteiger partial charge is 0.368 e. The average Bonchev–Trinajstić information content (AvgIpc) is 2.91. The molecule has 1 N–H and O–H groups in total. The SMILES string of the molecule is C=CCN(Cc1ccc(Cl)s1)C(=O)COC1CCNCC1. The summed E-state index contributed by atoms with van der Waals surface area (Å²) < 4.78 is 6.46. The molecule has 21 heavy (non-hydrogen) atoms. The van der Waals surface area contributed by atoms with Gasteiger partial charge in [-0.05, 0) is 38.1 Å². The molecule has 1 aromatic rings. The van der Waals surface area contributed by atoms with E-state index in [9.17, 15) is 4.79 Å². The summed E-state index contributed by atoms with van der Waals surface area (Å²) in [4.78, 5) is 15.1. The maximum Gasteiger partial charge on any atom is 0.249 e. The quantitative estimate of drug-likeness (QED) is 0.782. The fraction of sp³-hybridized carbons (Fsp3) is 0.533. The van der Waals surface area contributed by atoms with Gasteiger partial charge < -0.3 is 15.0 Å². The van der Waals surface area contributed by atoms with Crippen LogP contribution in [0.15, 0.2) is 24.8 Å². The predicted octanol–water partition coefficient (Wildman–Crippen LogP) is 2.68. The minimum absolute atomic E-state index is 0.00189. The monoisotopic (exact) mass is 328 g/mol. The first-order valence-corrected chi connectivity index (χ1v) is 8.33. The summed E-state index contributed by atoms with van der Waals surface area (Å²) >= 11 is 7.42. The van der Waals surface area contributed by atoms with Gasteiger partial charge in [-0.25, -0.2) is 0 Å². The molecule has 0 unspecified atom stereocenters. The Morgan fingerprint density at radius 1 is 1.52 bits per heavy atom. The van der Waals surface area contributed by atoms with E-state index in [1.807, 2.05) is 12.1 Å². The van der Waals surface area contributed by atoms with Gasteiger partial charge in [0, 0.05) is 11.4 Å². The van der Waals surface area contributed by atoms with E-state index in [4.69, 9.17) is 16.3 Å². The lowest BCUT2D eigenvalue weighted by atomic mass is 10.1. The first-order chi connectivity index (χ1) is 10.2. The van der Waals surface area contributed by atoms with Crippen LogP contribution in [0.1, 0.15) is 17.7 Å². The Hall–Kier alpha value is -0.880. The fourth-order valence-corrected chi connectivity index (χ4v) is 3.38. The molecule has 0 bridgehead atoms. The zero-order valence-corrected chi connectivity index (χ0v) is 13.6. The minimum atomic E-state index is -0.00189. The number of nitrogens with zero attached hydrogens (tertiary/aromatic N) is 1. The van der Waals surface area contributed by atoms with E-state index >= 15 is 0 Å². The molecule has 0 aromatic carbocycles. The third-order valence-corrected chi connectivity index (χ3v) is 4.62. The Kier molecular flexibility index (Phi) is 6.70. The lowest BCUT2D eigenvalue weighted by Gasteiger charge is -2.25. The maximum atomic E-state index is 12.3. The lowest BCUT2D eigenvalue weighted by Crippen LogP contribution is -2.37. The van der Waals surface area contributed by atoms with Crippen LogP contribution in [0.3, 0.4) is 0 Å². The molecule has 4 nitrogen and oxygen atoms in total. The van der Waals surface area contributed by atoms with Crippen LogP contribution in [0, 0.1) is 0 Å². The van der Waals surface area contributed by atoms with Crippen LogP contribution >= 0.6 is 22.9 Å². The van der Waals surface area contributed by atoms with E-state index < -0.39 is 0 Å². The number of carbonyl (C=O) groups excluding carboxylic acids is 1. The Bertz CT molecular complexity index is 472. The molecule has 0 radical (unpaired) electrons. The molecule has 1 fully saturated rings. The smallest absolute Gasteiger partial charge is 0.249 e. The first-order valence-electron chi connectivity index (χ1n) is 7.14. The van der Waals surface area contributed by atoms with Crippen LogP contribution in [0.4, 0.5) is 0 Å². The van der Waals surface area contributed by atoms with Crippen molar-refractivity contribution in [3.8, 4) is 0 Å². The van der Waals surface area contributed by atoms with Gasteiger partial charge in [-0.15, -0.1) is 17.9 Å². The number of hydrogen-bond donors (Lipinski definition) is 1. The predicted molar refractivity (Wildman–Crippen MR) is 86.8 cm³/mol. The zero-order chi connectivity index (χ0) is 15.1. The molecular formula is C15H21ClN2O2S. The summed E-state index contributed by atoms with van der Waals surface area (Å²) in [6.45, 7) is 6.84. The number of rotatable bonds is 7. The third-order valence-electron chi connectivity index (χ3n) is 3.41. The van der Waals surface area contributed by atoms with Gasteiger partial charge in [0.1, 0.15) is 6.61 Å². The van der Waals surface area contributed by atoms with Crippen LogP contribution in [0.25, 0.3) is 0 Å². The summed E-state index contributed by atoms with van der Waals surface area (Å²) in [6.07, 6.45) is 3.86. The summed E-state index contributed by atoms with van der Waals surface area (Å²) in [6, 6.07) is 3.80. The van der Waals surface area contributed by atoms with Crippen molar-refractivity contribution >= 4 is 28.8 Å². The number of ether oxygens (including phenoxy) is 1. The Balaban J connectivity index is 1.84. The number of halogens is 1. The van der Waals surface area contributed by atoms with Crippen LogP contribution in [-0.4, -0.2) is 43.2 Å². The van der Waals surface area contributed by atoms with Crippen LogP contribution in [-0.2, 0) is 16.1 Å². The molecule has 0 aliphatic carbocycles. The second-order valence-corrected chi connectivity index (χ2v) is 6.83. The Morgan fingerprint density at radius 2 is 2.29 bits per heavy atom. The minimum Gasteiger partial charge on any atom is -0.368 e. The van der Waals surface area contributed by atoms with Gasteiger partial charge in [-0.1, -0.05) is 17.7 Å². The highest BCUT2D eigenvalue weighted by Crippen LogP contribution is 2.22. The molecule has 1 aliphatic heterocycles. The molecule has 2 rings (SSSR count). The molecule has 1 amide bonds. The number of hydrogen-bond acceptors (Lipinski definition) is 4. The van der Waals surface area contributed by atoms with E-state index in [1.54, 1.807) is 11.0 Å². The number of thiophene rings is 1. The number of carbonyl (C=O) groups is 1. The van der Waals surface area contributed by atoms with Crippen molar-refractivity contribution < 1.29 is 9.53 Å². The summed E-state index contributed by atoms with van der Waals surface area (Å²) in [7, 11) is 0. The fourth-order valence-electron chi connectivity index (χ4n) is 2.28. The highest BCUT2D eigenvalue weighted by molar-refractivity contribution is 7.16. The van der Waals surface area contributed by atoms with Gasteiger partial charge in [0.15, 0.2) is 0 Å². The number of piperidine rings is 1. The highest BCUT2D eigenvalue weighted by atomic mass is 35.5. The van der Waals surface area contributed by atoms with Crippen molar-refractivity contribution in [1.29, 1.82) is 0 Å². The summed E-state index contributed by atoms with van der Waals surface area (Å²) in [5, 5.41) is 3.28. The molecular weight excluding hydrogens is 308 g/mol. The van der Waals surface area contributed by atoms with Gasteiger partial charge in [0.25, 0.3) is 0 Å².